The van der Waals surface area contributed by atoms with Crippen LogP contribution >= 0.6 is 11.3 Å². The molecule has 8 heteroatoms. The van der Waals surface area contributed by atoms with Crippen molar-refractivity contribution in [2.75, 3.05) is 7.05 Å². The van der Waals surface area contributed by atoms with Gasteiger partial charge in [-0.15, -0.1) is 11.3 Å². The van der Waals surface area contributed by atoms with Crippen molar-refractivity contribution < 1.29 is 4.79 Å². The lowest BCUT2D eigenvalue weighted by atomic mass is 10.1. The van der Waals surface area contributed by atoms with Gasteiger partial charge in [0.15, 0.2) is 0 Å². The predicted octanol–water partition coefficient (Wildman–Crippen LogP) is 2.12. The maximum absolute atomic E-state index is 12.8. The average Bonchev–Trinajstić information content (AvgIpc) is 2.92. The number of fused-ring (bicyclic) bond motifs is 1. The first-order valence-electron chi connectivity index (χ1n) is 7.75. The Balaban J connectivity index is 1.95. The summed E-state index contributed by atoms with van der Waals surface area (Å²) >= 11 is 1.60. The molecule has 0 aliphatic carbocycles. The summed E-state index contributed by atoms with van der Waals surface area (Å²) in [6.45, 7) is 5.86. The first-order valence-corrected chi connectivity index (χ1v) is 8.57. The first kappa shape index (κ1) is 17.1. The summed E-state index contributed by atoms with van der Waals surface area (Å²) in [4.78, 5) is 47.8. The van der Waals surface area contributed by atoms with Crippen LogP contribution in [0.5, 0.6) is 0 Å². The number of hydrogen-bond donors (Lipinski definition) is 2. The highest BCUT2D eigenvalue weighted by molar-refractivity contribution is 7.11. The van der Waals surface area contributed by atoms with Crippen molar-refractivity contribution in [2.45, 2.75) is 26.8 Å². The lowest BCUT2D eigenvalue weighted by Crippen LogP contribution is -2.31. The molecular formula is C17H18N4O3S. The smallest absolute Gasteiger partial charge is 0.314 e. The van der Waals surface area contributed by atoms with Crippen LogP contribution in [0.1, 0.15) is 38.9 Å². The Labute approximate surface area is 147 Å². The summed E-state index contributed by atoms with van der Waals surface area (Å²) in [5.74, 6) is -0.188. The van der Waals surface area contributed by atoms with Gasteiger partial charge in [-0.3, -0.25) is 14.4 Å². The molecule has 7 nitrogen and oxygen atoms in total. The zero-order valence-corrected chi connectivity index (χ0v) is 15.2. The Kier molecular flexibility index (Phi) is 4.30. The number of benzene rings is 1. The molecular weight excluding hydrogens is 340 g/mol. The molecule has 2 heterocycles. The molecule has 0 spiro atoms. The Morgan fingerprint density at radius 3 is 2.40 bits per heavy atom. The van der Waals surface area contributed by atoms with Gasteiger partial charge < -0.3 is 14.9 Å². The van der Waals surface area contributed by atoms with Crippen molar-refractivity contribution in [1.82, 2.24) is 19.9 Å². The number of nitrogens with zero attached hydrogens (tertiary/aromatic N) is 2. The predicted molar refractivity (Wildman–Crippen MR) is 97.3 cm³/mol. The van der Waals surface area contributed by atoms with Crippen molar-refractivity contribution in [3.8, 4) is 0 Å². The van der Waals surface area contributed by atoms with Crippen LogP contribution in [0, 0.1) is 13.8 Å². The molecule has 1 amide bonds. The van der Waals surface area contributed by atoms with E-state index in [4.69, 9.17) is 0 Å². The van der Waals surface area contributed by atoms with Crippen molar-refractivity contribution >= 4 is 28.3 Å². The molecule has 2 N–H and O–H groups in total. The van der Waals surface area contributed by atoms with E-state index in [1.165, 1.54) is 0 Å². The van der Waals surface area contributed by atoms with E-state index in [-0.39, 0.29) is 11.9 Å². The summed E-state index contributed by atoms with van der Waals surface area (Å²) in [7, 11) is 1.72. The van der Waals surface area contributed by atoms with Gasteiger partial charge in [0, 0.05) is 17.5 Å². The Morgan fingerprint density at radius 2 is 1.80 bits per heavy atom. The lowest BCUT2D eigenvalue weighted by Gasteiger charge is -2.24. The number of aromatic nitrogens is 3. The van der Waals surface area contributed by atoms with E-state index in [1.54, 1.807) is 41.5 Å². The van der Waals surface area contributed by atoms with Gasteiger partial charge in [-0.25, -0.2) is 4.98 Å². The van der Waals surface area contributed by atoms with E-state index >= 15 is 0 Å². The van der Waals surface area contributed by atoms with Crippen LogP contribution in [0.25, 0.3) is 11.0 Å². The second-order valence-electron chi connectivity index (χ2n) is 5.93. The monoisotopic (exact) mass is 358 g/mol. The minimum atomic E-state index is -0.743. The molecule has 1 aromatic carbocycles. The molecule has 0 unspecified atom stereocenters. The number of aryl methyl sites for hydroxylation is 2. The van der Waals surface area contributed by atoms with Gasteiger partial charge in [0.2, 0.25) is 0 Å². The molecule has 0 fully saturated rings. The quantitative estimate of drug-likeness (QED) is 0.701. The van der Waals surface area contributed by atoms with E-state index < -0.39 is 11.1 Å². The Morgan fingerprint density at radius 1 is 1.16 bits per heavy atom. The van der Waals surface area contributed by atoms with Crippen LogP contribution in [0.2, 0.25) is 0 Å². The highest BCUT2D eigenvalue weighted by Crippen LogP contribution is 2.27. The molecule has 3 rings (SSSR count). The van der Waals surface area contributed by atoms with E-state index in [0.717, 1.165) is 15.6 Å². The van der Waals surface area contributed by atoms with Crippen LogP contribution in [0.3, 0.4) is 0 Å². The maximum atomic E-state index is 12.8. The number of carbonyl (C=O) groups excluding carboxylic acids is 1. The van der Waals surface area contributed by atoms with Crippen LogP contribution < -0.4 is 11.1 Å². The van der Waals surface area contributed by atoms with E-state index in [0.29, 0.717) is 16.6 Å². The standard InChI is InChI=1S/C17H18N4O3S/c1-8(14-9(2)25-10(3)18-14)21(4)17(24)11-5-6-12-13(7-11)20-16(23)15(22)19-12/h5-8H,1-4H3,(H,19,22)(H,20,23)/t8-/m1/s1. The third-order valence-electron chi connectivity index (χ3n) is 4.21. The number of nitrogens with one attached hydrogen (secondary N) is 2. The minimum Gasteiger partial charge on any atom is -0.333 e. The van der Waals surface area contributed by atoms with E-state index in [1.807, 2.05) is 20.8 Å². The number of hydrogen-bond acceptors (Lipinski definition) is 5. The van der Waals surface area contributed by atoms with Crippen LogP contribution in [0.4, 0.5) is 0 Å². The number of H-pyrrole nitrogens is 2. The largest absolute Gasteiger partial charge is 0.333 e. The van der Waals surface area contributed by atoms with Crippen molar-refractivity contribution in [3.63, 3.8) is 0 Å². The summed E-state index contributed by atoms with van der Waals surface area (Å²) in [5.41, 5.74) is 0.741. The molecule has 130 valence electrons. The molecule has 0 aliphatic rings. The first-order chi connectivity index (χ1) is 11.8. The summed E-state index contributed by atoms with van der Waals surface area (Å²) in [6, 6.07) is 4.62. The molecule has 0 radical (unpaired) electrons. The normalized spacial score (nSPS) is 12.3. The summed E-state index contributed by atoms with van der Waals surface area (Å²) < 4.78 is 0. The van der Waals surface area contributed by atoms with Crippen LogP contribution in [-0.4, -0.2) is 32.8 Å². The highest BCUT2D eigenvalue weighted by atomic mass is 32.1. The number of amides is 1. The van der Waals surface area contributed by atoms with Crippen molar-refractivity contribution in [3.05, 3.63) is 60.0 Å². The van der Waals surface area contributed by atoms with E-state index in [2.05, 4.69) is 15.0 Å². The van der Waals surface area contributed by atoms with Gasteiger partial charge in [0.1, 0.15) is 0 Å². The molecule has 0 saturated carbocycles. The Bertz CT molecular complexity index is 1080. The van der Waals surface area contributed by atoms with Crippen molar-refractivity contribution in [2.24, 2.45) is 0 Å². The zero-order chi connectivity index (χ0) is 18.3. The van der Waals surface area contributed by atoms with Gasteiger partial charge in [-0.2, -0.15) is 0 Å². The fourth-order valence-electron chi connectivity index (χ4n) is 2.74. The number of thiazole rings is 1. The molecule has 1 atom stereocenters. The lowest BCUT2D eigenvalue weighted by molar-refractivity contribution is 0.0740. The van der Waals surface area contributed by atoms with Gasteiger partial charge in [0.05, 0.1) is 27.8 Å². The fourth-order valence-corrected chi connectivity index (χ4v) is 3.65. The van der Waals surface area contributed by atoms with Gasteiger partial charge in [-0.1, -0.05) is 0 Å². The number of aromatic amines is 2. The minimum absolute atomic E-state index is 0.178. The summed E-state index contributed by atoms with van der Waals surface area (Å²) in [5, 5.41) is 0.965. The molecule has 2 aromatic heterocycles. The zero-order valence-electron chi connectivity index (χ0n) is 14.3. The molecule has 0 aliphatic heterocycles. The van der Waals surface area contributed by atoms with Crippen molar-refractivity contribution in [1.29, 1.82) is 0 Å². The number of carbonyl (C=O) groups is 1. The Hall–Kier alpha value is -2.74. The van der Waals surface area contributed by atoms with Crippen LogP contribution in [0.15, 0.2) is 27.8 Å². The SMILES string of the molecule is Cc1nc([C@@H](C)N(C)C(=O)c2ccc3[nH]c(=O)c(=O)[nH]c3c2)c(C)s1. The van der Waals surface area contributed by atoms with E-state index in [9.17, 15) is 14.4 Å². The summed E-state index contributed by atoms with van der Waals surface area (Å²) in [6.07, 6.45) is 0. The number of rotatable bonds is 3. The fraction of sp³-hybridized carbons (Fsp3) is 0.294. The van der Waals surface area contributed by atoms with Gasteiger partial charge in [0.25, 0.3) is 5.91 Å². The molecule has 25 heavy (non-hydrogen) atoms. The molecule has 0 saturated heterocycles. The highest BCUT2D eigenvalue weighted by Gasteiger charge is 2.23. The second kappa shape index (κ2) is 6.29. The molecule has 3 aromatic rings. The van der Waals surface area contributed by atoms with Crippen LogP contribution in [-0.2, 0) is 0 Å². The second-order valence-corrected chi connectivity index (χ2v) is 7.34. The van der Waals surface area contributed by atoms with Gasteiger partial charge in [-0.05, 0) is 39.0 Å². The third kappa shape index (κ3) is 3.12. The maximum Gasteiger partial charge on any atom is 0.314 e. The molecule has 0 bridgehead atoms. The topological polar surface area (TPSA) is 98.9 Å². The van der Waals surface area contributed by atoms with Gasteiger partial charge >= 0.3 is 11.1 Å². The third-order valence-corrected chi connectivity index (χ3v) is 5.11. The average molecular weight is 358 g/mol.